The summed E-state index contributed by atoms with van der Waals surface area (Å²) in [6.45, 7) is 10.2. The number of benzene rings is 1. The second kappa shape index (κ2) is 13.6. The quantitative estimate of drug-likeness (QED) is 0.188. The Morgan fingerprint density at radius 2 is 1.54 bits per heavy atom. The fourth-order valence-electron chi connectivity index (χ4n) is 5.69. The minimum atomic E-state index is -4.57. The van der Waals surface area contributed by atoms with E-state index in [2.05, 4.69) is 15.0 Å². The molecule has 1 aliphatic carbocycles. The first kappa shape index (κ1) is 37.9. The van der Waals surface area contributed by atoms with Crippen LogP contribution in [-0.2, 0) is 36.3 Å². The number of alkyl halides is 3. The van der Waals surface area contributed by atoms with Gasteiger partial charge in [-0.25, -0.2) is 29.5 Å². The summed E-state index contributed by atoms with van der Waals surface area (Å²) in [4.78, 5) is 50.0. The number of nitrogens with zero attached hydrogens (tertiary/aromatic N) is 9. The molecular weight excluding hydrogens is 709 g/mol. The summed E-state index contributed by atoms with van der Waals surface area (Å²) in [6.07, 6.45) is -2.57. The number of imidazole rings is 2. The van der Waals surface area contributed by atoms with Crippen LogP contribution in [0.3, 0.4) is 0 Å². The Kier molecular flexibility index (Phi) is 9.52. The summed E-state index contributed by atoms with van der Waals surface area (Å²) in [7, 11) is 4.60. The Morgan fingerprint density at radius 1 is 0.926 bits per heavy atom. The van der Waals surface area contributed by atoms with Gasteiger partial charge in [0.1, 0.15) is 28.1 Å². The highest BCUT2D eigenvalue weighted by atomic mass is 19.4. The average Bonchev–Trinajstić information content (AvgIpc) is 3.80. The Bertz CT molecular complexity index is 2280. The summed E-state index contributed by atoms with van der Waals surface area (Å²) in [5.74, 6) is -0.00869. The van der Waals surface area contributed by atoms with Crippen LogP contribution >= 0.6 is 0 Å². The van der Waals surface area contributed by atoms with Crippen LogP contribution in [0.1, 0.15) is 77.3 Å². The van der Waals surface area contributed by atoms with Crippen molar-refractivity contribution < 1.29 is 37.0 Å². The zero-order valence-corrected chi connectivity index (χ0v) is 31.4. The molecule has 4 aromatic heterocycles. The molecule has 0 spiro atoms. The first-order valence-corrected chi connectivity index (χ1v) is 17.0. The lowest BCUT2D eigenvalue weighted by Crippen LogP contribution is -2.44. The predicted molar refractivity (Wildman–Crippen MR) is 190 cm³/mol. The maximum Gasteiger partial charge on any atom is 0.434 e. The maximum absolute atomic E-state index is 13.4. The van der Waals surface area contributed by atoms with Crippen molar-refractivity contribution >= 4 is 29.3 Å². The third-order valence-electron chi connectivity index (χ3n) is 8.29. The van der Waals surface area contributed by atoms with E-state index in [4.69, 9.17) is 29.6 Å². The van der Waals surface area contributed by atoms with Crippen molar-refractivity contribution in [2.24, 2.45) is 14.1 Å². The third-order valence-corrected chi connectivity index (χ3v) is 8.29. The third kappa shape index (κ3) is 7.77. The smallest absolute Gasteiger partial charge is 0.434 e. The number of carbonyl (C=O) groups is 2. The number of ether oxygens (including phenoxy) is 3. The van der Waals surface area contributed by atoms with Crippen LogP contribution in [-0.4, -0.2) is 69.1 Å². The van der Waals surface area contributed by atoms with Crippen molar-refractivity contribution in [1.82, 2.24) is 38.6 Å². The minimum absolute atomic E-state index is 0.00509. The van der Waals surface area contributed by atoms with Gasteiger partial charge in [-0.15, -0.1) is 4.90 Å². The van der Waals surface area contributed by atoms with Gasteiger partial charge in [-0.3, -0.25) is 9.98 Å². The molecule has 0 bridgehead atoms. The van der Waals surface area contributed by atoms with Crippen molar-refractivity contribution in [3.8, 4) is 28.7 Å². The molecule has 0 atom stereocenters. The number of imide groups is 1. The van der Waals surface area contributed by atoms with E-state index in [0.717, 1.165) is 24.6 Å². The molecule has 4 heterocycles. The van der Waals surface area contributed by atoms with Crippen LogP contribution in [0.2, 0.25) is 0 Å². The first-order valence-electron chi connectivity index (χ1n) is 17.0. The van der Waals surface area contributed by atoms with Gasteiger partial charge in [0.25, 0.3) is 0 Å². The largest absolute Gasteiger partial charge is 0.480 e. The normalized spacial score (nSPS) is 13.6. The number of nitrogens with one attached hydrogen (secondary N) is 1. The standard InChI is InChI=1S/C36H41F3N10O5/c1-34(2,3)53-32(50)49(33(51)54-35(4,5)6)31-43-25(20-14-15-20)24(29(45-31)52-9)26-41-16-22-28(44-26)48(30(40)47(22)8)17-19-10-12-21(13-11-19)27-42-23(18-46(27)7)36(37,38)39/h10-13,16,18,20,40H,14-15,17H2,1-9H3. The number of fused-ring (bicyclic) bond motifs is 1. The Labute approximate surface area is 308 Å². The van der Waals surface area contributed by atoms with Crippen LogP contribution in [0, 0.1) is 5.41 Å². The summed E-state index contributed by atoms with van der Waals surface area (Å²) in [6, 6.07) is 6.87. The molecule has 5 aromatic rings. The second-order valence-electron chi connectivity index (χ2n) is 15.0. The zero-order chi connectivity index (χ0) is 39.5. The van der Waals surface area contributed by atoms with Gasteiger partial charge < -0.3 is 23.3 Å². The topological polar surface area (TPSA) is 168 Å². The molecule has 286 valence electrons. The van der Waals surface area contributed by atoms with Crippen molar-refractivity contribution in [2.75, 3.05) is 12.0 Å². The van der Waals surface area contributed by atoms with Gasteiger partial charge in [-0.2, -0.15) is 18.2 Å². The highest BCUT2D eigenvalue weighted by Crippen LogP contribution is 2.46. The molecular formula is C36H41F3N10O5. The molecule has 18 heteroatoms. The fourth-order valence-corrected chi connectivity index (χ4v) is 5.69. The maximum atomic E-state index is 13.4. The van der Waals surface area contributed by atoms with Crippen LogP contribution in [0.4, 0.5) is 28.7 Å². The second-order valence-corrected chi connectivity index (χ2v) is 15.0. The zero-order valence-electron chi connectivity index (χ0n) is 31.4. The molecule has 0 radical (unpaired) electrons. The Morgan fingerprint density at radius 3 is 2.06 bits per heavy atom. The van der Waals surface area contributed by atoms with Gasteiger partial charge in [0.2, 0.25) is 17.4 Å². The molecule has 15 nitrogen and oxygen atoms in total. The number of methoxy groups -OCH3 is 1. The number of halogens is 3. The monoisotopic (exact) mass is 750 g/mol. The van der Waals surface area contributed by atoms with Crippen LogP contribution in [0.15, 0.2) is 36.7 Å². The van der Waals surface area contributed by atoms with E-state index in [-0.39, 0.29) is 41.6 Å². The lowest BCUT2D eigenvalue weighted by molar-refractivity contribution is -0.140. The summed E-state index contributed by atoms with van der Waals surface area (Å²) in [5.41, 5.74) is 0.269. The minimum Gasteiger partial charge on any atom is -0.480 e. The van der Waals surface area contributed by atoms with E-state index in [0.29, 0.717) is 32.9 Å². The van der Waals surface area contributed by atoms with E-state index in [9.17, 15) is 22.8 Å². The number of anilines is 1. The lowest BCUT2D eigenvalue weighted by Gasteiger charge is -2.28. The molecule has 54 heavy (non-hydrogen) atoms. The molecule has 2 amide bonds. The van der Waals surface area contributed by atoms with Crippen molar-refractivity contribution in [3.05, 3.63) is 59.2 Å². The van der Waals surface area contributed by atoms with E-state index in [1.807, 2.05) is 0 Å². The number of hydrogen-bond donors (Lipinski definition) is 1. The Hall–Kier alpha value is -5.81. The van der Waals surface area contributed by atoms with E-state index in [1.54, 1.807) is 88.2 Å². The number of aromatic nitrogens is 8. The van der Waals surface area contributed by atoms with E-state index in [1.165, 1.54) is 18.7 Å². The molecule has 1 aliphatic rings. The van der Waals surface area contributed by atoms with Gasteiger partial charge in [0.05, 0.1) is 25.5 Å². The summed E-state index contributed by atoms with van der Waals surface area (Å²) >= 11 is 0. The number of aryl methyl sites for hydroxylation is 2. The SMILES string of the molecule is COc1nc(N(C(=O)OC(C)(C)C)C(=O)OC(C)(C)C)nc(C2CC2)c1-c1ncc2c(n1)n(Cc1ccc(-c3nc(C(F)(F)F)cn3C)cc1)c(=N)n2C. The number of rotatable bonds is 7. The van der Waals surface area contributed by atoms with Gasteiger partial charge in [-0.1, -0.05) is 24.3 Å². The summed E-state index contributed by atoms with van der Waals surface area (Å²) in [5, 5.41) is 8.89. The number of amides is 2. The molecule has 1 N–H and O–H groups in total. The van der Waals surface area contributed by atoms with Gasteiger partial charge in [0.15, 0.2) is 17.2 Å². The fraction of sp³-hybridized carbons (Fsp3) is 0.444. The highest BCUT2D eigenvalue weighted by molar-refractivity contribution is 6.08. The van der Waals surface area contributed by atoms with E-state index >= 15 is 0 Å². The summed E-state index contributed by atoms with van der Waals surface area (Å²) < 4.78 is 61.2. The average molecular weight is 751 g/mol. The van der Waals surface area contributed by atoms with Crippen molar-refractivity contribution in [2.45, 2.75) is 84.2 Å². The predicted octanol–water partition coefficient (Wildman–Crippen LogP) is 6.74. The molecule has 0 unspecified atom stereocenters. The highest BCUT2D eigenvalue weighted by Gasteiger charge is 2.39. The molecule has 1 aromatic carbocycles. The first-order chi connectivity index (χ1) is 25.1. The molecule has 6 rings (SSSR count). The van der Waals surface area contributed by atoms with Crippen LogP contribution in [0.25, 0.3) is 33.9 Å². The molecule has 0 saturated heterocycles. The molecule has 0 aliphatic heterocycles. The van der Waals surface area contributed by atoms with Crippen LogP contribution in [0.5, 0.6) is 5.88 Å². The van der Waals surface area contributed by atoms with Crippen molar-refractivity contribution in [3.63, 3.8) is 0 Å². The van der Waals surface area contributed by atoms with Crippen molar-refractivity contribution in [1.29, 1.82) is 5.41 Å². The van der Waals surface area contributed by atoms with Gasteiger partial charge >= 0.3 is 18.4 Å². The molecule has 1 fully saturated rings. The number of hydrogen-bond acceptors (Lipinski definition) is 11. The van der Waals surface area contributed by atoms with Crippen LogP contribution < -0.4 is 15.3 Å². The molecule has 1 saturated carbocycles. The van der Waals surface area contributed by atoms with Gasteiger partial charge in [0, 0.05) is 31.8 Å². The van der Waals surface area contributed by atoms with E-state index < -0.39 is 35.3 Å². The Balaban J connectivity index is 1.41. The van der Waals surface area contributed by atoms with Gasteiger partial charge in [-0.05, 0) is 59.9 Å². The lowest BCUT2D eigenvalue weighted by atomic mass is 10.1. The number of carbonyl (C=O) groups excluding carboxylic acids is 2.